The number of allylic oxidation sites excluding steroid dienone is 1. The third kappa shape index (κ3) is 5.60. The van der Waals surface area contributed by atoms with E-state index in [4.69, 9.17) is 9.26 Å². The molecule has 4 aromatic rings. The third-order valence-corrected chi connectivity index (χ3v) is 6.35. The molecule has 0 spiro atoms. The number of hydrogen-bond donors (Lipinski definition) is 0. The lowest BCUT2D eigenvalue weighted by molar-refractivity contribution is 0.112. The molecule has 0 atom stereocenters. The summed E-state index contributed by atoms with van der Waals surface area (Å²) in [7, 11) is 0. The Hall–Kier alpha value is -3.92. The Morgan fingerprint density at radius 1 is 0.914 bits per heavy atom. The molecule has 0 saturated carbocycles. The van der Waals surface area contributed by atoms with Gasteiger partial charge in [-0.05, 0) is 29.8 Å². The Labute approximate surface area is 205 Å². The Balaban J connectivity index is 1.18. The maximum Gasteiger partial charge on any atom is 0.167 e. The van der Waals surface area contributed by atoms with Crippen LogP contribution in [0.3, 0.4) is 0 Å². The van der Waals surface area contributed by atoms with Gasteiger partial charge in [0.1, 0.15) is 24.1 Å². The fourth-order valence-electron chi connectivity index (χ4n) is 4.42. The molecule has 3 aromatic carbocycles. The highest BCUT2D eigenvalue weighted by molar-refractivity contribution is 5.99. The van der Waals surface area contributed by atoms with E-state index in [2.05, 4.69) is 51.4 Å². The average molecular weight is 465 g/mol. The van der Waals surface area contributed by atoms with Crippen LogP contribution in [0.2, 0.25) is 0 Å². The molecule has 6 heteroatoms. The van der Waals surface area contributed by atoms with Crippen molar-refractivity contribution < 1.29 is 9.26 Å². The fourth-order valence-corrected chi connectivity index (χ4v) is 4.42. The number of fused-ring (bicyclic) bond motifs is 1. The maximum atomic E-state index is 9.82. The van der Waals surface area contributed by atoms with Crippen LogP contribution < -0.4 is 4.74 Å². The summed E-state index contributed by atoms with van der Waals surface area (Å²) < 4.78 is 11.5. The number of nitrogens with zero attached hydrogens (tertiary/aromatic N) is 4. The lowest BCUT2D eigenvalue weighted by Crippen LogP contribution is -2.47. The molecule has 1 aliphatic rings. The van der Waals surface area contributed by atoms with Gasteiger partial charge in [0.2, 0.25) is 0 Å². The van der Waals surface area contributed by atoms with Crippen LogP contribution in [0, 0.1) is 11.3 Å². The van der Waals surface area contributed by atoms with Crippen molar-refractivity contribution in [3.63, 3.8) is 0 Å². The van der Waals surface area contributed by atoms with Gasteiger partial charge in [-0.25, -0.2) is 0 Å². The van der Waals surface area contributed by atoms with E-state index in [-0.39, 0.29) is 0 Å². The van der Waals surface area contributed by atoms with E-state index in [9.17, 15) is 5.26 Å². The average Bonchev–Trinajstić information content (AvgIpc) is 3.34. The quantitative estimate of drug-likeness (QED) is 0.339. The zero-order valence-electron chi connectivity index (χ0n) is 19.6. The molecule has 35 heavy (non-hydrogen) atoms. The van der Waals surface area contributed by atoms with E-state index < -0.39 is 0 Å². The van der Waals surface area contributed by atoms with Crippen molar-refractivity contribution in [3.8, 4) is 11.8 Å². The number of piperazine rings is 1. The van der Waals surface area contributed by atoms with Gasteiger partial charge in [0.25, 0.3) is 0 Å². The summed E-state index contributed by atoms with van der Waals surface area (Å²) in [6.07, 6.45) is 1.82. The fraction of sp³-hybridized carbons (Fsp3) is 0.241. The standard InChI is InChI=1S/C29H28N4O2/c30-21-25(29-26-11-5-7-13-28(26)35-31-29)20-24-10-4-6-12-27(24)34-19-18-32-14-16-33(17-15-32)22-23-8-2-1-3-9-23/h1-13,20H,14-19,22H2/b25-20+. The zero-order chi connectivity index (χ0) is 23.9. The van der Waals surface area contributed by atoms with E-state index in [0.29, 0.717) is 23.5 Å². The first-order valence-electron chi connectivity index (χ1n) is 12.0. The van der Waals surface area contributed by atoms with E-state index in [0.717, 1.165) is 56.0 Å². The van der Waals surface area contributed by atoms with Crippen LogP contribution in [0.15, 0.2) is 83.4 Å². The monoisotopic (exact) mass is 464 g/mol. The van der Waals surface area contributed by atoms with Gasteiger partial charge in [-0.1, -0.05) is 65.8 Å². The van der Waals surface area contributed by atoms with Crippen LogP contribution in [0.1, 0.15) is 16.8 Å². The largest absolute Gasteiger partial charge is 0.492 e. The van der Waals surface area contributed by atoms with Crippen LogP contribution in [0.5, 0.6) is 5.75 Å². The number of nitriles is 1. The number of para-hydroxylation sites is 2. The lowest BCUT2D eigenvalue weighted by Gasteiger charge is -2.34. The molecule has 2 heterocycles. The predicted octanol–water partition coefficient (Wildman–Crippen LogP) is 5.09. The number of benzene rings is 3. The van der Waals surface area contributed by atoms with Crippen LogP contribution in [-0.4, -0.2) is 54.3 Å². The molecule has 0 N–H and O–H groups in total. The molecule has 0 amide bonds. The molecule has 0 unspecified atom stereocenters. The maximum absolute atomic E-state index is 9.82. The molecular formula is C29H28N4O2. The molecule has 0 bridgehead atoms. The van der Waals surface area contributed by atoms with Crippen molar-refractivity contribution in [2.24, 2.45) is 0 Å². The molecule has 1 saturated heterocycles. The van der Waals surface area contributed by atoms with Gasteiger partial charge in [-0.15, -0.1) is 0 Å². The van der Waals surface area contributed by atoms with Crippen LogP contribution >= 0.6 is 0 Å². The van der Waals surface area contributed by atoms with Gasteiger partial charge in [-0.3, -0.25) is 9.80 Å². The second-order valence-corrected chi connectivity index (χ2v) is 8.69. The van der Waals surface area contributed by atoms with Crippen molar-refractivity contribution in [1.82, 2.24) is 15.0 Å². The molecule has 6 nitrogen and oxygen atoms in total. The van der Waals surface area contributed by atoms with Gasteiger partial charge >= 0.3 is 0 Å². The summed E-state index contributed by atoms with van der Waals surface area (Å²) in [5, 5.41) is 14.8. The number of aromatic nitrogens is 1. The number of hydrogen-bond acceptors (Lipinski definition) is 6. The van der Waals surface area contributed by atoms with Crippen molar-refractivity contribution in [3.05, 3.63) is 95.7 Å². The van der Waals surface area contributed by atoms with E-state index >= 15 is 0 Å². The minimum atomic E-state index is 0.445. The van der Waals surface area contributed by atoms with E-state index in [1.807, 2.05) is 54.6 Å². The zero-order valence-corrected chi connectivity index (χ0v) is 19.6. The Morgan fingerprint density at radius 3 is 2.46 bits per heavy atom. The highest BCUT2D eigenvalue weighted by Crippen LogP contribution is 2.28. The summed E-state index contributed by atoms with van der Waals surface area (Å²) in [5.41, 5.74) is 3.87. The summed E-state index contributed by atoms with van der Waals surface area (Å²) >= 11 is 0. The highest BCUT2D eigenvalue weighted by Gasteiger charge is 2.17. The van der Waals surface area contributed by atoms with Gasteiger partial charge in [0, 0.05) is 44.8 Å². The first-order valence-corrected chi connectivity index (χ1v) is 12.0. The van der Waals surface area contributed by atoms with Crippen molar-refractivity contribution >= 4 is 22.6 Å². The van der Waals surface area contributed by atoms with Crippen LogP contribution in [0.4, 0.5) is 0 Å². The molecular weight excluding hydrogens is 436 g/mol. The van der Waals surface area contributed by atoms with Crippen LogP contribution in [-0.2, 0) is 6.54 Å². The second kappa shape index (κ2) is 11.0. The van der Waals surface area contributed by atoms with Gasteiger partial charge in [-0.2, -0.15) is 5.26 Å². The molecule has 1 fully saturated rings. The normalized spacial score (nSPS) is 15.2. The summed E-state index contributed by atoms with van der Waals surface area (Å²) in [6.45, 7) is 6.67. The smallest absolute Gasteiger partial charge is 0.167 e. The van der Waals surface area contributed by atoms with Gasteiger partial charge in [0.15, 0.2) is 5.58 Å². The van der Waals surface area contributed by atoms with Crippen molar-refractivity contribution in [1.29, 1.82) is 5.26 Å². The number of ether oxygens (including phenoxy) is 1. The molecule has 0 aliphatic carbocycles. The Bertz CT molecular complexity index is 1330. The third-order valence-electron chi connectivity index (χ3n) is 6.35. The summed E-state index contributed by atoms with van der Waals surface area (Å²) in [4.78, 5) is 4.95. The molecule has 176 valence electrons. The second-order valence-electron chi connectivity index (χ2n) is 8.69. The minimum Gasteiger partial charge on any atom is -0.492 e. The predicted molar refractivity (Wildman–Crippen MR) is 138 cm³/mol. The van der Waals surface area contributed by atoms with Crippen molar-refractivity contribution in [2.75, 3.05) is 39.3 Å². The SMILES string of the molecule is N#C/C(=C\c1ccccc1OCCN1CCN(Cc2ccccc2)CC1)c1noc2ccccc12. The van der Waals surface area contributed by atoms with Crippen LogP contribution in [0.25, 0.3) is 22.6 Å². The summed E-state index contributed by atoms with van der Waals surface area (Å²) in [5.74, 6) is 0.760. The topological polar surface area (TPSA) is 65.5 Å². The van der Waals surface area contributed by atoms with Crippen molar-refractivity contribution in [2.45, 2.75) is 6.54 Å². The highest BCUT2D eigenvalue weighted by atomic mass is 16.5. The molecule has 0 radical (unpaired) electrons. The lowest BCUT2D eigenvalue weighted by atomic mass is 10.1. The minimum absolute atomic E-state index is 0.445. The Kier molecular flexibility index (Phi) is 7.18. The molecule has 1 aliphatic heterocycles. The first-order chi connectivity index (χ1) is 17.3. The number of rotatable bonds is 8. The molecule has 1 aromatic heterocycles. The summed E-state index contributed by atoms with van der Waals surface area (Å²) in [6, 6.07) is 28.3. The first kappa shape index (κ1) is 22.9. The van der Waals surface area contributed by atoms with Gasteiger partial charge < -0.3 is 9.26 Å². The van der Waals surface area contributed by atoms with E-state index in [1.165, 1.54) is 5.56 Å². The molecule has 5 rings (SSSR count). The van der Waals surface area contributed by atoms with E-state index in [1.54, 1.807) is 0 Å². The Morgan fingerprint density at radius 2 is 1.63 bits per heavy atom. The van der Waals surface area contributed by atoms with Gasteiger partial charge in [0.05, 0.1) is 11.0 Å².